The predicted octanol–water partition coefficient (Wildman–Crippen LogP) is 2.74. The quantitative estimate of drug-likeness (QED) is 0.424. The number of piperazine rings is 1. The van der Waals surface area contributed by atoms with Crippen LogP contribution < -0.4 is 10.5 Å². The molecule has 0 amide bonds. The van der Waals surface area contributed by atoms with Gasteiger partial charge in [0.05, 0.1) is 23.5 Å². The van der Waals surface area contributed by atoms with Gasteiger partial charge >= 0.3 is 0 Å². The van der Waals surface area contributed by atoms with Gasteiger partial charge in [-0.3, -0.25) is 14.4 Å². The lowest BCUT2D eigenvalue weighted by molar-refractivity contribution is 0.101. The number of hydrogen-bond acceptors (Lipinski definition) is 7. The van der Waals surface area contributed by atoms with Crippen LogP contribution in [0.3, 0.4) is 0 Å². The van der Waals surface area contributed by atoms with Gasteiger partial charge in [-0.25, -0.2) is 9.50 Å². The summed E-state index contributed by atoms with van der Waals surface area (Å²) in [5, 5.41) is 18.1. The van der Waals surface area contributed by atoms with Crippen LogP contribution in [0.25, 0.3) is 16.7 Å². The molecule has 182 valence electrons. The molecule has 0 spiro atoms. The first-order valence-corrected chi connectivity index (χ1v) is 12.2. The summed E-state index contributed by atoms with van der Waals surface area (Å²) in [4.78, 5) is 22.1. The van der Waals surface area contributed by atoms with E-state index in [9.17, 15) is 4.79 Å². The number of aryl methyl sites for hydroxylation is 1. The molecule has 5 heterocycles. The van der Waals surface area contributed by atoms with Gasteiger partial charge in [-0.2, -0.15) is 15.5 Å². The highest BCUT2D eigenvalue weighted by Crippen LogP contribution is 2.34. The molecule has 35 heavy (non-hydrogen) atoms. The van der Waals surface area contributed by atoms with Crippen molar-refractivity contribution in [1.82, 2.24) is 33.8 Å². The molecule has 1 saturated heterocycles. The second-order valence-corrected chi connectivity index (χ2v) is 9.32. The molecular formula is C25H31N9O. The third kappa shape index (κ3) is 3.96. The Morgan fingerprint density at radius 2 is 1.97 bits per heavy atom. The first-order valence-electron chi connectivity index (χ1n) is 12.2. The summed E-state index contributed by atoms with van der Waals surface area (Å²) < 4.78 is 5.05. The molecule has 0 N–H and O–H groups in total. The zero-order chi connectivity index (χ0) is 24.7. The highest BCUT2D eigenvalue weighted by Gasteiger charge is 2.36. The summed E-state index contributed by atoms with van der Waals surface area (Å²) in [6, 6.07) is 8.75. The molecule has 1 aliphatic heterocycles. The minimum Gasteiger partial charge on any atom is -0.364 e. The molecule has 0 saturated carbocycles. The highest BCUT2D eigenvalue weighted by atomic mass is 16.1. The minimum absolute atomic E-state index is 0.0659. The Bertz CT molecular complexity index is 1460. The van der Waals surface area contributed by atoms with Crippen molar-refractivity contribution in [3.05, 3.63) is 52.8 Å². The number of anilines is 1. The topological polar surface area (TPSA) is 100 Å². The van der Waals surface area contributed by atoms with Gasteiger partial charge in [0.2, 0.25) is 0 Å². The van der Waals surface area contributed by atoms with Gasteiger partial charge in [0.15, 0.2) is 5.65 Å². The highest BCUT2D eigenvalue weighted by molar-refractivity contribution is 5.88. The van der Waals surface area contributed by atoms with Gasteiger partial charge in [-0.1, -0.05) is 19.9 Å². The Labute approximate surface area is 204 Å². The summed E-state index contributed by atoms with van der Waals surface area (Å²) in [7, 11) is 1.75. The van der Waals surface area contributed by atoms with Gasteiger partial charge in [-0.15, -0.1) is 0 Å². The van der Waals surface area contributed by atoms with E-state index in [0.29, 0.717) is 6.04 Å². The van der Waals surface area contributed by atoms with Crippen LogP contribution in [0.5, 0.6) is 0 Å². The van der Waals surface area contributed by atoms with Crippen molar-refractivity contribution in [2.45, 2.75) is 58.3 Å². The van der Waals surface area contributed by atoms with Crippen LogP contribution in [0.4, 0.5) is 5.69 Å². The maximum absolute atomic E-state index is 12.9. The van der Waals surface area contributed by atoms with E-state index in [0.717, 1.165) is 48.3 Å². The van der Waals surface area contributed by atoms with Crippen molar-refractivity contribution >= 4 is 22.4 Å². The van der Waals surface area contributed by atoms with E-state index in [2.05, 4.69) is 64.1 Å². The lowest BCUT2D eigenvalue weighted by atomic mass is 9.97. The maximum Gasteiger partial charge on any atom is 0.252 e. The number of rotatable bonds is 6. The van der Waals surface area contributed by atoms with E-state index in [1.54, 1.807) is 34.9 Å². The van der Waals surface area contributed by atoms with Crippen LogP contribution in [0, 0.1) is 11.3 Å². The van der Waals surface area contributed by atoms with E-state index < -0.39 is 0 Å². The first kappa shape index (κ1) is 23.1. The average Bonchev–Trinajstić information content (AvgIpc) is 3.52. The number of nitrogens with zero attached hydrogens (tertiary/aromatic N) is 9. The van der Waals surface area contributed by atoms with Gasteiger partial charge in [-0.05, 0) is 31.4 Å². The fraction of sp³-hybridized carbons (Fsp3) is 0.480. The summed E-state index contributed by atoms with van der Waals surface area (Å²) in [5.74, 6) is 0. The number of nitriles is 1. The molecule has 0 radical (unpaired) electrons. The van der Waals surface area contributed by atoms with Crippen LogP contribution in [0.15, 0.2) is 41.7 Å². The number of pyridine rings is 2. The number of aromatic nitrogens is 6. The molecule has 10 heteroatoms. The van der Waals surface area contributed by atoms with E-state index in [1.165, 1.54) is 5.56 Å². The van der Waals surface area contributed by atoms with Gasteiger partial charge in [0, 0.05) is 50.5 Å². The van der Waals surface area contributed by atoms with E-state index in [-0.39, 0.29) is 24.2 Å². The molecule has 0 aliphatic carbocycles. The van der Waals surface area contributed by atoms with Crippen LogP contribution in [0.1, 0.15) is 45.2 Å². The third-order valence-corrected chi connectivity index (χ3v) is 7.44. The summed E-state index contributed by atoms with van der Waals surface area (Å²) in [6.07, 6.45) is 7.37. The summed E-state index contributed by atoms with van der Waals surface area (Å²) in [6.45, 7) is 8.50. The summed E-state index contributed by atoms with van der Waals surface area (Å²) >= 11 is 0. The molecule has 1 aliphatic rings. The Kier molecular flexibility index (Phi) is 6.03. The third-order valence-electron chi connectivity index (χ3n) is 7.44. The van der Waals surface area contributed by atoms with Crippen molar-refractivity contribution in [3.8, 4) is 6.07 Å². The molecule has 1 unspecified atom stereocenters. The smallest absolute Gasteiger partial charge is 0.252 e. The fourth-order valence-electron chi connectivity index (χ4n) is 5.34. The standard InChI is InChI=1S/C25H31N9O/c1-5-19-14-33(21-11-24(35)30(4)22-15-31(10-9-26)29-25(21)22)20(6-2)13-32(19)17(3)18-7-8-23-27-16-28-34(23)12-18/h7-8,11-12,15-17,19-20H,5-6,10,13-14H2,1-4H3/t17?,19-,20+/m1/s1. The molecule has 0 bridgehead atoms. The second-order valence-electron chi connectivity index (χ2n) is 9.32. The molecule has 4 aromatic rings. The van der Waals surface area contributed by atoms with Crippen molar-refractivity contribution in [3.63, 3.8) is 0 Å². The molecule has 0 aromatic carbocycles. The fourth-order valence-corrected chi connectivity index (χ4v) is 5.34. The maximum atomic E-state index is 12.9. The normalized spacial score (nSPS) is 19.9. The minimum atomic E-state index is -0.0659. The lowest BCUT2D eigenvalue weighted by Crippen LogP contribution is -2.58. The Morgan fingerprint density at radius 3 is 2.71 bits per heavy atom. The lowest BCUT2D eigenvalue weighted by Gasteiger charge is -2.49. The largest absolute Gasteiger partial charge is 0.364 e. The zero-order valence-electron chi connectivity index (χ0n) is 20.7. The van der Waals surface area contributed by atoms with Crippen molar-refractivity contribution in [2.24, 2.45) is 7.05 Å². The van der Waals surface area contributed by atoms with Crippen LogP contribution in [-0.4, -0.2) is 59.0 Å². The first-order chi connectivity index (χ1) is 16.9. The van der Waals surface area contributed by atoms with E-state index >= 15 is 0 Å². The van der Waals surface area contributed by atoms with Crippen molar-refractivity contribution < 1.29 is 0 Å². The number of fused-ring (bicyclic) bond motifs is 2. The average molecular weight is 474 g/mol. The van der Waals surface area contributed by atoms with Crippen LogP contribution in [0.2, 0.25) is 0 Å². The van der Waals surface area contributed by atoms with E-state index in [1.807, 2.05) is 10.6 Å². The Balaban J connectivity index is 1.51. The molecular weight excluding hydrogens is 442 g/mol. The molecule has 4 aromatic heterocycles. The monoisotopic (exact) mass is 473 g/mol. The second kappa shape index (κ2) is 9.15. The molecule has 10 nitrogen and oxygen atoms in total. The predicted molar refractivity (Wildman–Crippen MR) is 134 cm³/mol. The number of hydrogen-bond donors (Lipinski definition) is 0. The van der Waals surface area contributed by atoms with Gasteiger partial charge in [0.1, 0.15) is 18.4 Å². The van der Waals surface area contributed by atoms with Crippen LogP contribution in [-0.2, 0) is 13.6 Å². The SMILES string of the molecule is CC[C@H]1CN(C(C)c2ccc3ncnn3c2)[C@H](CC)CN1c1cc(=O)n(C)c2cn(CC#N)nc12. The Hall–Kier alpha value is -3.71. The van der Waals surface area contributed by atoms with Gasteiger partial charge < -0.3 is 9.47 Å². The van der Waals surface area contributed by atoms with Crippen LogP contribution >= 0.6 is 0 Å². The molecule has 3 atom stereocenters. The zero-order valence-corrected chi connectivity index (χ0v) is 20.7. The van der Waals surface area contributed by atoms with Crippen molar-refractivity contribution in [1.29, 1.82) is 5.26 Å². The van der Waals surface area contributed by atoms with Gasteiger partial charge in [0.25, 0.3) is 5.56 Å². The van der Waals surface area contributed by atoms with E-state index in [4.69, 9.17) is 5.26 Å². The Morgan fingerprint density at radius 1 is 1.17 bits per heavy atom. The molecule has 1 fully saturated rings. The summed E-state index contributed by atoms with van der Waals surface area (Å²) in [5.41, 5.74) is 4.37. The molecule has 5 rings (SSSR count). The van der Waals surface area contributed by atoms with Crippen molar-refractivity contribution in [2.75, 3.05) is 18.0 Å².